The SMILES string of the molecule is O=C1NOCC1NC(=S)c1ccc(N2CCC(c3ccc(Cl)c(Cl)c3)(C(F)(F)F)C2)cc1. The van der Waals surface area contributed by atoms with E-state index < -0.39 is 17.6 Å². The van der Waals surface area contributed by atoms with E-state index >= 15 is 0 Å². The van der Waals surface area contributed by atoms with Gasteiger partial charge in [-0.15, -0.1) is 0 Å². The van der Waals surface area contributed by atoms with Crippen LogP contribution in [0.1, 0.15) is 17.5 Å². The number of carbonyl (C=O) groups excluding carboxylic acids is 1. The standard InChI is InChI=1S/C21H18Cl2F3N3O2S/c22-15-6-3-13(9-16(15)23)20(21(24,25)26)7-8-29(11-20)14-4-1-12(2-5-14)19(32)27-17-10-31-28-18(17)30/h1-6,9,17H,7-8,10-11H2,(H,27,32)(H,28,30). The molecule has 1 amide bonds. The maximum atomic E-state index is 14.2. The normalized spacial score (nSPS) is 23.3. The Morgan fingerprint density at radius 3 is 2.50 bits per heavy atom. The molecule has 32 heavy (non-hydrogen) atoms. The molecule has 2 saturated heterocycles. The van der Waals surface area contributed by atoms with Crippen LogP contribution in [0.5, 0.6) is 0 Å². The Balaban J connectivity index is 1.53. The number of benzene rings is 2. The molecule has 2 heterocycles. The van der Waals surface area contributed by atoms with Crippen molar-refractivity contribution in [2.24, 2.45) is 0 Å². The Morgan fingerprint density at radius 1 is 1.19 bits per heavy atom. The summed E-state index contributed by atoms with van der Waals surface area (Å²) in [5.41, 5.74) is 1.58. The number of halogens is 5. The molecule has 11 heteroatoms. The lowest BCUT2D eigenvalue weighted by Gasteiger charge is -2.33. The van der Waals surface area contributed by atoms with Gasteiger partial charge in [0.1, 0.15) is 23.1 Å². The van der Waals surface area contributed by atoms with Crippen molar-refractivity contribution in [1.82, 2.24) is 10.8 Å². The second-order valence-electron chi connectivity index (χ2n) is 7.73. The van der Waals surface area contributed by atoms with Crippen molar-refractivity contribution in [3.05, 3.63) is 63.6 Å². The van der Waals surface area contributed by atoms with Crippen LogP contribution in [0.2, 0.25) is 10.0 Å². The van der Waals surface area contributed by atoms with Crippen molar-refractivity contribution in [2.75, 3.05) is 24.6 Å². The number of nitrogens with one attached hydrogen (secondary N) is 2. The Bertz CT molecular complexity index is 1050. The highest BCUT2D eigenvalue weighted by Gasteiger charge is 2.59. The number of alkyl halides is 3. The summed E-state index contributed by atoms with van der Waals surface area (Å²) >= 11 is 17.2. The molecule has 0 radical (unpaired) electrons. The number of rotatable bonds is 4. The average molecular weight is 504 g/mol. The molecule has 0 spiro atoms. The van der Waals surface area contributed by atoms with Gasteiger partial charge in [-0.25, -0.2) is 5.48 Å². The van der Waals surface area contributed by atoms with Crippen molar-refractivity contribution in [2.45, 2.75) is 24.1 Å². The minimum atomic E-state index is -4.46. The first-order valence-corrected chi connectivity index (χ1v) is 10.9. The fourth-order valence-corrected chi connectivity index (χ4v) is 4.55. The second-order valence-corrected chi connectivity index (χ2v) is 8.95. The average Bonchev–Trinajstić information content (AvgIpc) is 3.38. The maximum Gasteiger partial charge on any atom is 0.400 e. The van der Waals surface area contributed by atoms with E-state index in [0.29, 0.717) is 16.2 Å². The fraction of sp³-hybridized carbons (Fsp3) is 0.333. The van der Waals surface area contributed by atoms with E-state index in [2.05, 4.69) is 10.8 Å². The van der Waals surface area contributed by atoms with Gasteiger partial charge in [0.25, 0.3) is 5.91 Å². The number of hydrogen-bond donors (Lipinski definition) is 2. The second kappa shape index (κ2) is 8.70. The first kappa shape index (κ1) is 23.1. The van der Waals surface area contributed by atoms with Gasteiger partial charge in [0.2, 0.25) is 0 Å². The number of nitrogens with zero attached hydrogens (tertiary/aromatic N) is 1. The molecule has 4 rings (SSSR count). The molecular formula is C21H18Cl2F3N3O2S. The summed E-state index contributed by atoms with van der Waals surface area (Å²) in [4.78, 5) is 18.5. The molecule has 2 aromatic carbocycles. The number of carbonyl (C=O) groups is 1. The molecule has 5 nitrogen and oxygen atoms in total. The van der Waals surface area contributed by atoms with Gasteiger partial charge < -0.3 is 10.2 Å². The predicted octanol–water partition coefficient (Wildman–Crippen LogP) is 4.40. The van der Waals surface area contributed by atoms with Gasteiger partial charge in [-0.1, -0.05) is 41.5 Å². The zero-order chi connectivity index (χ0) is 23.1. The van der Waals surface area contributed by atoms with Gasteiger partial charge in [-0.05, 0) is 48.4 Å². The number of amides is 1. The molecule has 0 aromatic heterocycles. The third kappa shape index (κ3) is 4.26. The van der Waals surface area contributed by atoms with E-state index in [1.165, 1.54) is 18.2 Å². The summed E-state index contributed by atoms with van der Waals surface area (Å²) in [5, 5.41) is 3.21. The lowest BCUT2D eigenvalue weighted by Crippen LogP contribution is -2.44. The molecule has 2 aliphatic heterocycles. The third-order valence-electron chi connectivity index (χ3n) is 5.82. The molecule has 2 atom stereocenters. The van der Waals surface area contributed by atoms with Crippen molar-refractivity contribution in [1.29, 1.82) is 0 Å². The summed E-state index contributed by atoms with van der Waals surface area (Å²) in [6, 6.07) is 10.4. The minimum Gasteiger partial charge on any atom is -0.370 e. The summed E-state index contributed by atoms with van der Waals surface area (Å²) in [6.07, 6.45) is -4.57. The lowest BCUT2D eigenvalue weighted by molar-refractivity contribution is -0.184. The quantitative estimate of drug-likeness (QED) is 0.605. The molecule has 0 saturated carbocycles. The van der Waals surface area contributed by atoms with Crippen LogP contribution in [0.4, 0.5) is 18.9 Å². The third-order valence-corrected chi connectivity index (χ3v) is 6.92. The summed E-state index contributed by atoms with van der Waals surface area (Å²) in [5.74, 6) is -0.313. The largest absolute Gasteiger partial charge is 0.400 e. The van der Waals surface area contributed by atoms with Crippen molar-refractivity contribution < 1.29 is 22.8 Å². The van der Waals surface area contributed by atoms with Gasteiger partial charge in [-0.3, -0.25) is 9.63 Å². The van der Waals surface area contributed by atoms with Gasteiger partial charge in [0.15, 0.2) is 0 Å². The zero-order valence-electron chi connectivity index (χ0n) is 16.5. The number of hydrogen-bond acceptors (Lipinski definition) is 4. The van der Waals surface area contributed by atoms with Crippen LogP contribution in [0.25, 0.3) is 0 Å². The molecule has 2 aliphatic rings. The van der Waals surface area contributed by atoms with E-state index in [-0.39, 0.29) is 47.6 Å². The number of thiocarbonyl (C=S) groups is 1. The van der Waals surface area contributed by atoms with E-state index in [0.717, 1.165) is 0 Å². The van der Waals surface area contributed by atoms with Crippen molar-refractivity contribution in [3.63, 3.8) is 0 Å². The molecule has 0 aliphatic carbocycles. The minimum absolute atomic E-state index is 0.0953. The van der Waals surface area contributed by atoms with Crippen LogP contribution < -0.4 is 15.7 Å². The van der Waals surface area contributed by atoms with E-state index in [1.807, 2.05) is 0 Å². The van der Waals surface area contributed by atoms with Crippen LogP contribution in [-0.4, -0.2) is 42.8 Å². The molecule has 0 bridgehead atoms. The van der Waals surface area contributed by atoms with E-state index in [1.54, 1.807) is 29.2 Å². The summed E-state index contributed by atoms with van der Waals surface area (Å²) in [7, 11) is 0. The summed E-state index contributed by atoms with van der Waals surface area (Å²) < 4.78 is 42.7. The van der Waals surface area contributed by atoms with E-state index in [4.69, 9.17) is 40.3 Å². The molecular weight excluding hydrogens is 486 g/mol. The molecule has 2 fully saturated rings. The number of hydroxylamine groups is 1. The molecule has 2 aromatic rings. The molecule has 2 unspecified atom stereocenters. The number of anilines is 1. The first-order chi connectivity index (χ1) is 15.1. The predicted molar refractivity (Wildman–Crippen MR) is 120 cm³/mol. The first-order valence-electron chi connectivity index (χ1n) is 9.70. The van der Waals surface area contributed by atoms with Gasteiger partial charge in [-0.2, -0.15) is 13.2 Å². The topological polar surface area (TPSA) is 53.6 Å². The zero-order valence-corrected chi connectivity index (χ0v) is 18.8. The van der Waals surface area contributed by atoms with Crippen LogP contribution in [0.15, 0.2) is 42.5 Å². The van der Waals surface area contributed by atoms with Crippen molar-refractivity contribution in [3.8, 4) is 0 Å². The van der Waals surface area contributed by atoms with Crippen molar-refractivity contribution >= 4 is 52.0 Å². The summed E-state index contributed by atoms with van der Waals surface area (Å²) in [6.45, 7) is 0.135. The Morgan fingerprint density at radius 2 is 1.91 bits per heavy atom. The Hall–Kier alpha value is -2.07. The van der Waals surface area contributed by atoms with Crippen LogP contribution in [0, 0.1) is 0 Å². The highest BCUT2D eigenvalue weighted by molar-refractivity contribution is 7.80. The highest BCUT2D eigenvalue weighted by Crippen LogP contribution is 2.49. The van der Waals surface area contributed by atoms with Crippen LogP contribution in [0.3, 0.4) is 0 Å². The highest BCUT2D eigenvalue weighted by atomic mass is 35.5. The lowest BCUT2D eigenvalue weighted by atomic mass is 9.79. The Kier molecular flexibility index (Phi) is 6.28. The fourth-order valence-electron chi connectivity index (χ4n) is 3.97. The van der Waals surface area contributed by atoms with Crippen LogP contribution in [-0.2, 0) is 15.0 Å². The van der Waals surface area contributed by atoms with Gasteiger partial charge >= 0.3 is 6.18 Å². The smallest absolute Gasteiger partial charge is 0.370 e. The maximum absolute atomic E-state index is 14.2. The van der Waals surface area contributed by atoms with E-state index in [9.17, 15) is 18.0 Å². The molecule has 2 N–H and O–H groups in total. The van der Waals surface area contributed by atoms with Gasteiger partial charge in [0, 0.05) is 24.3 Å². The van der Waals surface area contributed by atoms with Crippen LogP contribution >= 0.6 is 35.4 Å². The monoisotopic (exact) mass is 503 g/mol. The van der Waals surface area contributed by atoms with Gasteiger partial charge in [0.05, 0.1) is 10.0 Å². The molecule has 170 valence electrons. The Labute approximate surface area is 197 Å².